The summed E-state index contributed by atoms with van der Waals surface area (Å²) in [5.74, 6) is -0.294. The highest BCUT2D eigenvalue weighted by molar-refractivity contribution is 5.82. The van der Waals surface area contributed by atoms with Gasteiger partial charge in [0, 0.05) is 6.54 Å². The van der Waals surface area contributed by atoms with Crippen LogP contribution in [0.1, 0.15) is 110 Å². The number of ether oxygens (including phenoxy) is 2. The molecule has 0 aromatic heterocycles. The third-order valence-corrected chi connectivity index (χ3v) is 5.83. The largest absolute Gasteiger partial charge is 0.464 e. The Hall–Kier alpha value is -1.52. The molecule has 5 nitrogen and oxygen atoms in total. The smallest absolute Gasteiger partial charge is 0.410 e. The normalized spacial score (nSPS) is 15.9. The molecular weight excluding hydrogens is 378 g/mol. The van der Waals surface area contributed by atoms with Gasteiger partial charge in [0.15, 0.2) is 0 Å². The second kappa shape index (κ2) is 18.3. The summed E-state index contributed by atoms with van der Waals surface area (Å²) in [5.41, 5.74) is 0. The van der Waals surface area contributed by atoms with Gasteiger partial charge >= 0.3 is 12.1 Å². The van der Waals surface area contributed by atoms with Gasteiger partial charge in [0.05, 0.1) is 6.61 Å². The van der Waals surface area contributed by atoms with Gasteiger partial charge in [-0.3, -0.25) is 4.90 Å². The summed E-state index contributed by atoms with van der Waals surface area (Å²) in [6, 6.07) is -0.492. The minimum Gasteiger partial charge on any atom is -0.464 e. The lowest BCUT2D eigenvalue weighted by Crippen LogP contribution is -2.41. The molecule has 0 spiro atoms. The second-order valence-electron chi connectivity index (χ2n) is 8.48. The molecule has 0 saturated carbocycles. The fourth-order valence-electron chi connectivity index (χ4n) is 4.01. The summed E-state index contributed by atoms with van der Waals surface area (Å²) in [5, 5.41) is 0. The molecule has 1 rings (SSSR count). The number of unbranched alkanes of at least 4 members (excludes halogenated alkanes) is 13. The summed E-state index contributed by atoms with van der Waals surface area (Å²) in [7, 11) is 0. The minimum absolute atomic E-state index is 0.163. The van der Waals surface area contributed by atoms with E-state index in [1.165, 1.54) is 88.0 Å². The first-order valence-corrected chi connectivity index (χ1v) is 12.4. The lowest BCUT2D eigenvalue weighted by atomic mass is 10.0. The Labute approximate surface area is 184 Å². The maximum Gasteiger partial charge on any atom is 0.410 e. The van der Waals surface area contributed by atoms with E-state index in [9.17, 15) is 9.59 Å². The Kier molecular flexibility index (Phi) is 16.1. The van der Waals surface area contributed by atoms with Gasteiger partial charge in [-0.05, 0) is 19.3 Å². The van der Waals surface area contributed by atoms with Gasteiger partial charge in [0.2, 0.25) is 0 Å². The molecule has 0 radical (unpaired) electrons. The molecule has 174 valence electrons. The van der Waals surface area contributed by atoms with Gasteiger partial charge in [-0.1, -0.05) is 103 Å². The van der Waals surface area contributed by atoms with E-state index >= 15 is 0 Å². The Bertz CT molecular complexity index is 466. The van der Waals surface area contributed by atoms with Crippen LogP contribution in [0.4, 0.5) is 4.79 Å². The standard InChI is InChI=1S/C25H45NO4/c1-3-5-6-7-8-9-10-11-12-13-14-15-16-17-22-29-24(27)23-19-18-20-26(23)25(28)30-21-4-2/h4,23H,2-3,5-22H2,1H3/t23-/m0/s1. The van der Waals surface area contributed by atoms with Crippen LogP contribution in [0, 0.1) is 0 Å². The zero-order chi connectivity index (χ0) is 21.9. The fraction of sp³-hybridized carbons (Fsp3) is 0.840. The molecule has 0 bridgehead atoms. The van der Waals surface area contributed by atoms with E-state index in [-0.39, 0.29) is 12.6 Å². The highest BCUT2D eigenvalue weighted by Gasteiger charge is 2.36. The van der Waals surface area contributed by atoms with Crippen molar-refractivity contribution in [2.24, 2.45) is 0 Å². The van der Waals surface area contributed by atoms with Crippen LogP contribution < -0.4 is 0 Å². The number of hydrogen-bond acceptors (Lipinski definition) is 4. The van der Waals surface area contributed by atoms with Crippen molar-refractivity contribution >= 4 is 12.1 Å². The van der Waals surface area contributed by atoms with Crippen LogP contribution in [0.15, 0.2) is 12.7 Å². The van der Waals surface area contributed by atoms with Crippen LogP contribution in [-0.4, -0.2) is 42.8 Å². The summed E-state index contributed by atoms with van der Waals surface area (Å²) < 4.78 is 10.5. The van der Waals surface area contributed by atoms with E-state index in [0.717, 1.165) is 19.3 Å². The number of nitrogens with zero attached hydrogens (tertiary/aromatic N) is 1. The lowest BCUT2D eigenvalue weighted by Gasteiger charge is -2.22. The van der Waals surface area contributed by atoms with Gasteiger partial charge in [0.1, 0.15) is 12.6 Å². The lowest BCUT2D eigenvalue weighted by molar-refractivity contribution is -0.148. The molecule has 0 aromatic rings. The average molecular weight is 424 g/mol. The average Bonchev–Trinajstić information content (AvgIpc) is 3.25. The monoisotopic (exact) mass is 423 g/mol. The number of rotatable bonds is 18. The predicted octanol–water partition coefficient (Wildman–Crippen LogP) is 6.80. The van der Waals surface area contributed by atoms with Crippen LogP contribution in [0.5, 0.6) is 0 Å². The van der Waals surface area contributed by atoms with Crippen LogP contribution >= 0.6 is 0 Å². The molecule has 0 aromatic carbocycles. The third-order valence-electron chi connectivity index (χ3n) is 5.83. The van der Waals surface area contributed by atoms with E-state index in [1.807, 2.05) is 0 Å². The van der Waals surface area contributed by atoms with Crippen molar-refractivity contribution in [3.63, 3.8) is 0 Å². The SMILES string of the molecule is C=CCOC(=O)N1CCC[C@H]1C(=O)OCCCCCCCCCCCCCCCC. The van der Waals surface area contributed by atoms with Crippen LogP contribution in [-0.2, 0) is 14.3 Å². The summed E-state index contributed by atoms with van der Waals surface area (Å²) >= 11 is 0. The number of likely N-dealkylation sites (tertiary alicyclic amines) is 1. The van der Waals surface area contributed by atoms with Crippen molar-refractivity contribution in [3.05, 3.63) is 12.7 Å². The first-order chi connectivity index (χ1) is 14.7. The third kappa shape index (κ3) is 12.2. The quantitative estimate of drug-likeness (QED) is 0.138. The summed E-state index contributed by atoms with van der Waals surface area (Å²) in [6.07, 6.45) is 20.8. The molecule has 1 atom stereocenters. The van der Waals surface area contributed by atoms with E-state index in [0.29, 0.717) is 19.6 Å². The van der Waals surface area contributed by atoms with Crippen LogP contribution in [0.2, 0.25) is 0 Å². The molecule has 1 saturated heterocycles. The first-order valence-electron chi connectivity index (χ1n) is 12.4. The zero-order valence-electron chi connectivity index (χ0n) is 19.4. The number of carbonyl (C=O) groups excluding carboxylic acids is 2. The molecular formula is C25H45NO4. The maximum absolute atomic E-state index is 12.3. The molecule has 1 fully saturated rings. The molecule has 1 aliphatic rings. The van der Waals surface area contributed by atoms with Crippen molar-refractivity contribution in [2.45, 2.75) is 116 Å². The Morgan fingerprint density at radius 2 is 1.40 bits per heavy atom. The number of esters is 1. The van der Waals surface area contributed by atoms with Crippen molar-refractivity contribution in [1.29, 1.82) is 0 Å². The molecule has 5 heteroatoms. The van der Waals surface area contributed by atoms with E-state index in [1.54, 1.807) is 0 Å². The van der Waals surface area contributed by atoms with Crippen molar-refractivity contribution in [3.8, 4) is 0 Å². The topological polar surface area (TPSA) is 55.8 Å². The summed E-state index contributed by atoms with van der Waals surface area (Å²) in [4.78, 5) is 25.7. The van der Waals surface area contributed by atoms with Crippen molar-refractivity contribution in [1.82, 2.24) is 4.90 Å². The number of carbonyl (C=O) groups is 2. The molecule has 0 aliphatic carbocycles. The highest BCUT2D eigenvalue weighted by Crippen LogP contribution is 2.20. The number of hydrogen-bond donors (Lipinski definition) is 0. The van der Waals surface area contributed by atoms with Gasteiger partial charge in [0.25, 0.3) is 0 Å². The second-order valence-corrected chi connectivity index (χ2v) is 8.48. The summed E-state index contributed by atoms with van der Waals surface area (Å²) in [6.45, 7) is 6.96. The van der Waals surface area contributed by atoms with Gasteiger partial charge in [-0.25, -0.2) is 9.59 Å². The van der Waals surface area contributed by atoms with Crippen molar-refractivity contribution in [2.75, 3.05) is 19.8 Å². The van der Waals surface area contributed by atoms with Gasteiger partial charge in [-0.15, -0.1) is 0 Å². The van der Waals surface area contributed by atoms with Crippen molar-refractivity contribution < 1.29 is 19.1 Å². The minimum atomic E-state index is -0.492. The van der Waals surface area contributed by atoms with Gasteiger partial charge < -0.3 is 9.47 Å². The molecule has 1 aliphatic heterocycles. The Morgan fingerprint density at radius 1 is 0.867 bits per heavy atom. The highest BCUT2D eigenvalue weighted by atomic mass is 16.6. The molecule has 1 heterocycles. The fourth-order valence-corrected chi connectivity index (χ4v) is 4.01. The molecule has 30 heavy (non-hydrogen) atoms. The first kappa shape index (κ1) is 26.5. The molecule has 1 amide bonds. The van der Waals surface area contributed by atoms with E-state index in [2.05, 4.69) is 13.5 Å². The van der Waals surface area contributed by atoms with Crippen LogP contribution in [0.3, 0.4) is 0 Å². The van der Waals surface area contributed by atoms with E-state index < -0.39 is 12.1 Å². The molecule has 0 N–H and O–H groups in total. The number of amides is 1. The molecule has 0 unspecified atom stereocenters. The van der Waals surface area contributed by atoms with Gasteiger partial charge in [-0.2, -0.15) is 0 Å². The zero-order valence-corrected chi connectivity index (χ0v) is 19.4. The Balaban J connectivity index is 1.93. The van der Waals surface area contributed by atoms with Crippen LogP contribution in [0.25, 0.3) is 0 Å². The van der Waals surface area contributed by atoms with E-state index in [4.69, 9.17) is 9.47 Å². The predicted molar refractivity (Wildman–Crippen MR) is 123 cm³/mol. The maximum atomic E-state index is 12.3. The Morgan fingerprint density at radius 3 is 1.93 bits per heavy atom.